The molecule has 0 amide bonds. The fourth-order valence-electron chi connectivity index (χ4n) is 2.49. The minimum absolute atomic E-state index is 0.00357. The van der Waals surface area contributed by atoms with Crippen molar-refractivity contribution in [3.63, 3.8) is 0 Å². The van der Waals surface area contributed by atoms with Gasteiger partial charge in [-0.1, -0.05) is 43.0 Å². The highest BCUT2D eigenvalue weighted by atomic mass is 19.1. The monoisotopic (exact) mass is 334 g/mol. The van der Waals surface area contributed by atoms with Crippen LogP contribution in [0.3, 0.4) is 0 Å². The molecule has 0 bridgehead atoms. The molecule has 6 heteroatoms. The number of rotatable bonds is 4. The van der Waals surface area contributed by atoms with Crippen molar-refractivity contribution in [2.45, 2.75) is 0 Å². The van der Waals surface area contributed by atoms with Crippen LogP contribution in [-0.4, -0.2) is 20.1 Å². The molecule has 0 spiro atoms. The summed E-state index contributed by atoms with van der Waals surface area (Å²) in [5.41, 5.74) is 8.20. The number of halogens is 1. The van der Waals surface area contributed by atoms with Crippen LogP contribution >= 0.6 is 0 Å². The van der Waals surface area contributed by atoms with Gasteiger partial charge in [0.25, 0.3) is 0 Å². The summed E-state index contributed by atoms with van der Waals surface area (Å²) in [7, 11) is 0. The summed E-state index contributed by atoms with van der Waals surface area (Å²) in [4.78, 5) is 12.0. The van der Waals surface area contributed by atoms with E-state index in [1.807, 2.05) is 30.3 Å². The van der Waals surface area contributed by atoms with Crippen molar-refractivity contribution in [3.8, 4) is 22.4 Å². The molecule has 0 atom stereocenters. The minimum Gasteiger partial charge on any atom is -0.506 e. The van der Waals surface area contributed by atoms with Gasteiger partial charge in [-0.05, 0) is 17.7 Å². The fraction of sp³-hybridized carbons (Fsp3) is 0. The lowest BCUT2D eigenvalue weighted by Gasteiger charge is -2.14. The Labute approximate surface area is 144 Å². The lowest BCUT2D eigenvalue weighted by atomic mass is 9.97. The third-order valence-corrected chi connectivity index (χ3v) is 3.51. The molecule has 2 heterocycles. The van der Waals surface area contributed by atoms with Gasteiger partial charge in [-0.2, -0.15) is 4.39 Å². The van der Waals surface area contributed by atoms with E-state index in [2.05, 4.69) is 21.5 Å². The zero-order valence-electron chi connectivity index (χ0n) is 13.2. The van der Waals surface area contributed by atoms with Crippen LogP contribution in [0.1, 0.15) is 5.69 Å². The maximum atomic E-state index is 13.7. The van der Waals surface area contributed by atoms with E-state index in [1.54, 1.807) is 6.07 Å². The van der Waals surface area contributed by atoms with Crippen molar-refractivity contribution in [2.24, 2.45) is 0 Å². The molecule has 0 aliphatic rings. The molecule has 3 aromatic rings. The van der Waals surface area contributed by atoms with E-state index < -0.39 is 5.95 Å². The second-order valence-corrected chi connectivity index (χ2v) is 5.17. The summed E-state index contributed by atoms with van der Waals surface area (Å²) >= 11 is 0. The number of benzene rings is 1. The van der Waals surface area contributed by atoms with Crippen LogP contribution in [0.25, 0.3) is 28.1 Å². The topological polar surface area (TPSA) is 84.9 Å². The smallest absolute Gasteiger partial charge is 0.221 e. The molecule has 0 unspecified atom stereocenters. The van der Waals surface area contributed by atoms with Crippen LogP contribution in [0.2, 0.25) is 0 Å². The van der Waals surface area contributed by atoms with Crippen molar-refractivity contribution in [1.29, 1.82) is 0 Å². The molecule has 3 rings (SSSR count). The van der Waals surface area contributed by atoms with E-state index in [0.717, 1.165) is 5.56 Å². The number of hydrogen-bond donors (Lipinski definition) is 2. The van der Waals surface area contributed by atoms with Crippen molar-refractivity contribution in [3.05, 3.63) is 79.0 Å². The molecule has 1 aromatic carbocycles. The number of pyridine rings is 1. The molecule has 0 saturated heterocycles. The number of aliphatic hydroxyl groups is 1. The standard InChI is InChI=1S/C19H15FN4O/c1-2-6-14(25)18-16(13-9-10-22-15(20)11-13)17(23-19(21)24-18)12-7-4-3-5-8-12/h2-11,25H,1H2,(H2,21,23,24)/b14-6-. The van der Waals surface area contributed by atoms with Crippen molar-refractivity contribution >= 4 is 11.7 Å². The highest BCUT2D eigenvalue weighted by Gasteiger charge is 2.19. The second kappa shape index (κ2) is 6.92. The molecule has 0 saturated carbocycles. The largest absolute Gasteiger partial charge is 0.506 e. The summed E-state index contributed by atoms with van der Waals surface area (Å²) < 4.78 is 13.7. The Kier molecular flexibility index (Phi) is 4.52. The van der Waals surface area contributed by atoms with E-state index in [-0.39, 0.29) is 17.4 Å². The van der Waals surface area contributed by atoms with Gasteiger partial charge in [0.1, 0.15) is 11.5 Å². The van der Waals surface area contributed by atoms with Crippen molar-refractivity contribution < 1.29 is 9.50 Å². The average molecular weight is 334 g/mol. The first-order chi connectivity index (χ1) is 12.1. The molecule has 124 valence electrons. The first kappa shape index (κ1) is 16.3. The van der Waals surface area contributed by atoms with Gasteiger partial charge >= 0.3 is 0 Å². The maximum Gasteiger partial charge on any atom is 0.221 e. The Bertz CT molecular complexity index is 955. The van der Waals surface area contributed by atoms with Crippen LogP contribution in [0.5, 0.6) is 0 Å². The summed E-state index contributed by atoms with van der Waals surface area (Å²) in [6.07, 6.45) is 4.15. The molecule has 3 N–H and O–H groups in total. The van der Waals surface area contributed by atoms with Crippen LogP contribution in [0, 0.1) is 5.95 Å². The minimum atomic E-state index is -0.647. The van der Waals surface area contributed by atoms with Gasteiger partial charge < -0.3 is 10.8 Å². The number of aliphatic hydroxyl groups excluding tert-OH is 1. The average Bonchev–Trinajstić information content (AvgIpc) is 2.62. The first-order valence-electron chi connectivity index (χ1n) is 7.47. The summed E-state index contributed by atoms with van der Waals surface area (Å²) in [5, 5.41) is 10.4. The van der Waals surface area contributed by atoms with Gasteiger partial charge in [-0.3, -0.25) is 0 Å². The van der Waals surface area contributed by atoms with E-state index >= 15 is 0 Å². The van der Waals surface area contributed by atoms with Gasteiger partial charge in [0.2, 0.25) is 11.9 Å². The molecular weight excluding hydrogens is 319 g/mol. The number of hydrogen-bond acceptors (Lipinski definition) is 5. The van der Waals surface area contributed by atoms with Gasteiger partial charge in [0, 0.05) is 23.4 Å². The quantitative estimate of drug-likeness (QED) is 0.428. The Morgan fingerprint density at radius 3 is 2.56 bits per heavy atom. The second-order valence-electron chi connectivity index (χ2n) is 5.17. The molecule has 2 aromatic heterocycles. The van der Waals surface area contributed by atoms with Crippen LogP contribution in [0.15, 0.2) is 67.4 Å². The van der Waals surface area contributed by atoms with Crippen LogP contribution in [-0.2, 0) is 0 Å². The lowest BCUT2D eigenvalue weighted by Crippen LogP contribution is -2.05. The summed E-state index contributed by atoms with van der Waals surface area (Å²) in [6, 6.07) is 12.1. The number of nitrogens with two attached hydrogens (primary N) is 1. The highest BCUT2D eigenvalue weighted by Crippen LogP contribution is 2.35. The van der Waals surface area contributed by atoms with E-state index in [1.165, 1.54) is 24.4 Å². The first-order valence-corrected chi connectivity index (χ1v) is 7.47. The normalized spacial score (nSPS) is 11.3. The van der Waals surface area contributed by atoms with Crippen LogP contribution < -0.4 is 5.73 Å². The Balaban J connectivity index is 2.38. The molecule has 0 aliphatic heterocycles. The predicted molar refractivity (Wildman–Crippen MR) is 95.9 cm³/mol. The highest BCUT2D eigenvalue weighted by molar-refractivity contribution is 5.88. The van der Waals surface area contributed by atoms with E-state index in [0.29, 0.717) is 16.8 Å². The Morgan fingerprint density at radius 2 is 1.88 bits per heavy atom. The van der Waals surface area contributed by atoms with Gasteiger partial charge in [-0.15, -0.1) is 0 Å². The maximum absolute atomic E-state index is 13.7. The number of aromatic nitrogens is 3. The van der Waals surface area contributed by atoms with Crippen molar-refractivity contribution in [2.75, 3.05) is 5.73 Å². The van der Waals surface area contributed by atoms with E-state index in [4.69, 9.17) is 5.73 Å². The molecule has 0 aliphatic carbocycles. The lowest BCUT2D eigenvalue weighted by molar-refractivity contribution is 0.509. The zero-order chi connectivity index (χ0) is 17.8. The van der Waals surface area contributed by atoms with Crippen molar-refractivity contribution in [1.82, 2.24) is 15.0 Å². The van der Waals surface area contributed by atoms with Gasteiger partial charge in [0.05, 0.1) is 5.69 Å². The molecule has 0 fully saturated rings. The number of nitrogen functional groups attached to an aromatic ring is 1. The van der Waals surface area contributed by atoms with Crippen LogP contribution in [0.4, 0.5) is 10.3 Å². The van der Waals surface area contributed by atoms with E-state index in [9.17, 15) is 9.50 Å². The number of nitrogens with zero attached hydrogens (tertiary/aromatic N) is 3. The summed E-state index contributed by atoms with van der Waals surface area (Å²) in [6.45, 7) is 3.56. The number of anilines is 1. The van der Waals surface area contributed by atoms with Gasteiger partial charge in [0.15, 0.2) is 0 Å². The Hall–Kier alpha value is -3.54. The number of allylic oxidation sites excluding steroid dienone is 2. The SMILES string of the molecule is C=C/C=C(\O)c1nc(N)nc(-c2ccccc2)c1-c1ccnc(F)c1. The molecule has 5 nitrogen and oxygen atoms in total. The third kappa shape index (κ3) is 3.37. The summed E-state index contributed by atoms with van der Waals surface area (Å²) in [5.74, 6) is -0.795. The Morgan fingerprint density at radius 1 is 1.12 bits per heavy atom. The predicted octanol–water partition coefficient (Wildman–Crippen LogP) is 4.01. The molecular formula is C19H15FN4O. The zero-order valence-corrected chi connectivity index (χ0v) is 13.2. The third-order valence-electron chi connectivity index (χ3n) is 3.51. The fourth-order valence-corrected chi connectivity index (χ4v) is 2.49. The molecule has 25 heavy (non-hydrogen) atoms. The molecule has 0 radical (unpaired) electrons. The van der Waals surface area contributed by atoms with Gasteiger partial charge in [-0.25, -0.2) is 15.0 Å².